The quantitative estimate of drug-likeness (QED) is 0.705. The van der Waals surface area contributed by atoms with Gasteiger partial charge in [0.25, 0.3) is 0 Å². The summed E-state index contributed by atoms with van der Waals surface area (Å²) in [6.45, 7) is 3.97. The Morgan fingerprint density at radius 2 is 2.05 bits per heavy atom. The molecule has 1 aromatic rings. The van der Waals surface area contributed by atoms with Gasteiger partial charge in [-0.25, -0.2) is 0 Å². The van der Waals surface area contributed by atoms with Gasteiger partial charge in [-0.15, -0.1) is 0 Å². The van der Waals surface area contributed by atoms with Crippen LogP contribution in [-0.2, 0) is 11.3 Å². The highest BCUT2D eigenvalue weighted by Crippen LogP contribution is 2.24. The van der Waals surface area contributed by atoms with Gasteiger partial charge in [0.05, 0.1) is 26.9 Å². The van der Waals surface area contributed by atoms with Crippen LogP contribution in [0.2, 0.25) is 0 Å². The summed E-state index contributed by atoms with van der Waals surface area (Å²) in [4.78, 5) is 0. The number of methoxy groups -OCH3 is 2. The Bertz CT molecular complexity index is 370. The number of nitrogens with one attached hydrogen (secondary N) is 1. The average molecular weight is 269 g/mol. The normalized spacial score (nSPS) is 12.2. The number of aliphatic hydroxyl groups excluding tert-OH is 1. The van der Waals surface area contributed by atoms with Crippen LogP contribution in [0.25, 0.3) is 0 Å². The second kappa shape index (κ2) is 8.74. The molecular formula is C14H23NO4. The van der Waals surface area contributed by atoms with E-state index in [1.165, 1.54) is 0 Å². The molecule has 2 N–H and O–H groups in total. The first-order valence-corrected chi connectivity index (χ1v) is 6.38. The van der Waals surface area contributed by atoms with Crippen molar-refractivity contribution in [3.63, 3.8) is 0 Å². The van der Waals surface area contributed by atoms with E-state index in [0.717, 1.165) is 17.1 Å². The predicted octanol–water partition coefficient (Wildman–Crippen LogP) is 1.19. The maximum Gasteiger partial charge on any atom is 0.127 e. The van der Waals surface area contributed by atoms with Crippen molar-refractivity contribution in [2.45, 2.75) is 19.6 Å². The molecule has 0 aliphatic heterocycles. The molecule has 1 atom stereocenters. The minimum Gasteiger partial charge on any atom is -0.497 e. The fourth-order valence-corrected chi connectivity index (χ4v) is 1.68. The van der Waals surface area contributed by atoms with Gasteiger partial charge in [-0.3, -0.25) is 0 Å². The third-order valence-corrected chi connectivity index (χ3v) is 2.70. The van der Waals surface area contributed by atoms with Gasteiger partial charge < -0.3 is 24.6 Å². The van der Waals surface area contributed by atoms with Crippen molar-refractivity contribution < 1.29 is 19.3 Å². The minimum atomic E-state index is -0.496. The third kappa shape index (κ3) is 5.46. The Kier molecular flexibility index (Phi) is 7.25. The molecular weight excluding hydrogens is 246 g/mol. The second-order valence-electron chi connectivity index (χ2n) is 4.12. The molecule has 0 heterocycles. The third-order valence-electron chi connectivity index (χ3n) is 2.70. The van der Waals surface area contributed by atoms with Crippen LogP contribution in [0, 0.1) is 0 Å². The predicted molar refractivity (Wildman–Crippen MR) is 73.8 cm³/mol. The lowest BCUT2D eigenvalue weighted by Gasteiger charge is -2.14. The Labute approximate surface area is 114 Å². The molecule has 1 aromatic carbocycles. The van der Waals surface area contributed by atoms with E-state index in [1.807, 2.05) is 25.1 Å². The van der Waals surface area contributed by atoms with Crippen LogP contribution in [0.3, 0.4) is 0 Å². The smallest absolute Gasteiger partial charge is 0.127 e. The van der Waals surface area contributed by atoms with E-state index in [4.69, 9.17) is 14.2 Å². The van der Waals surface area contributed by atoms with E-state index in [0.29, 0.717) is 26.3 Å². The van der Waals surface area contributed by atoms with Gasteiger partial charge in [-0.05, 0) is 13.0 Å². The highest BCUT2D eigenvalue weighted by atomic mass is 16.5. The van der Waals surface area contributed by atoms with Crippen molar-refractivity contribution in [3.8, 4) is 11.5 Å². The molecule has 0 amide bonds. The number of ether oxygens (including phenoxy) is 3. The van der Waals surface area contributed by atoms with Crippen molar-refractivity contribution in [2.24, 2.45) is 0 Å². The Morgan fingerprint density at radius 3 is 2.68 bits per heavy atom. The summed E-state index contributed by atoms with van der Waals surface area (Å²) in [7, 11) is 3.25. The van der Waals surface area contributed by atoms with Gasteiger partial charge in [0, 0.05) is 31.3 Å². The molecule has 5 heteroatoms. The lowest BCUT2D eigenvalue weighted by atomic mass is 10.2. The molecule has 0 fully saturated rings. The Morgan fingerprint density at radius 1 is 1.26 bits per heavy atom. The fraction of sp³-hybridized carbons (Fsp3) is 0.571. The number of aliphatic hydroxyl groups is 1. The SMILES string of the molecule is CCOCC(O)CNCc1ccc(OC)cc1OC. The van der Waals surface area contributed by atoms with Gasteiger partial charge in [0.1, 0.15) is 11.5 Å². The molecule has 5 nitrogen and oxygen atoms in total. The molecule has 0 saturated carbocycles. The molecule has 19 heavy (non-hydrogen) atoms. The zero-order valence-corrected chi connectivity index (χ0v) is 11.8. The van der Waals surface area contributed by atoms with Gasteiger partial charge in [-0.2, -0.15) is 0 Å². The molecule has 108 valence electrons. The summed E-state index contributed by atoms with van der Waals surface area (Å²) in [5.41, 5.74) is 1.02. The van der Waals surface area contributed by atoms with Gasteiger partial charge in [-0.1, -0.05) is 6.07 Å². The van der Waals surface area contributed by atoms with Gasteiger partial charge >= 0.3 is 0 Å². The topological polar surface area (TPSA) is 60.0 Å². The maximum atomic E-state index is 9.63. The van der Waals surface area contributed by atoms with Crippen molar-refractivity contribution in [3.05, 3.63) is 23.8 Å². The van der Waals surface area contributed by atoms with Crippen molar-refractivity contribution in [1.82, 2.24) is 5.32 Å². The summed E-state index contributed by atoms with van der Waals surface area (Å²) < 4.78 is 15.6. The summed E-state index contributed by atoms with van der Waals surface area (Å²) in [6, 6.07) is 5.67. The molecule has 0 aliphatic carbocycles. The zero-order valence-electron chi connectivity index (χ0n) is 11.8. The summed E-state index contributed by atoms with van der Waals surface area (Å²) in [5.74, 6) is 1.53. The van der Waals surface area contributed by atoms with Crippen LogP contribution in [0.4, 0.5) is 0 Å². The van der Waals surface area contributed by atoms with Crippen LogP contribution in [0.15, 0.2) is 18.2 Å². The molecule has 0 bridgehead atoms. The zero-order chi connectivity index (χ0) is 14.1. The molecule has 0 saturated heterocycles. The van der Waals surface area contributed by atoms with Crippen LogP contribution in [0.5, 0.6) is 11.5 Å². The van der Waals surface area contributed by atoms with E-state index < -0.39 is 6.10 Å². The molecule has 0 aliphatic rings. The van der Waals surface area contributed by atoms with E-state index in [1.54, 1.807) is 14.2 Å². The van der Waals surface area contributed by atoms with E-state index in [-0.39, 0.29) is 0 Å². The number of hydrogen-bond acceptors (Lipinski definition) is 5. The molecule has 1 unspecified atom stereocenters. The fourth-order valence-electron chi connectivity index (χ4n) is 1.68. The molecule has 0 aromatic heterocycles. The highest BCUT2D eigenvalue weighted by molar-refractivity contribution is 5.40. The van der Waals surface area contributed by atoms with Gasteiger partial charge in [0.2, 0.25) is 0 Å². The Balaban J connectivity index is 2.44. The highest BCUT2D eigenvalue weighted by Gasteiger charge is 2.07. The van der Waals surface area contributed by atoms with E-state index in [9.17, 15) is 5.11 Å². The minimum absolute atomic E-state index is 0.350. The monoisotopic (exact) mass is 269 g/mol. The summed E-state index contributed by atoms with van der Waals surface area (Å²) in [6.07, 6.45) is -0.496. The van der Waals surface area contributed by atoms with Crippen LogP contribution in [0.1, 0.15) is 12.5 Å². The van der Waals surface area contributed by atoms with E-state index >= 15 is 0 Å². The standard InChI is InChI=1S/C14H23NO4/c1-4-19-10-12(16)9-15-8-11-5-6-13(17-2)7-14(11)18-3/h5-7,12,15-16H,4,8-10H2,1-3H3. The first-order chi connectivity index (χ1) is 9.21. The van der Waals surface area contributed by atoms with Crippen molar-refractivity contribution >= 4 is 0 Å². The maximum absolute atomic E-state index is 9.63. The lowest BCUT2D eigenvalue weighted by molar-refractivity contribution is 0.0427. The largest absolute Gasteiger partial charge is 0.497 e. The lowest BCUT2D eigenvalue weighted by Crippen LogP contribution is -2.30. The number of hydrogen-bond donors (Lipinski definition) is 2. The molecule has 0 spiro atoms. The average Bonchev–Trinajstić information content (AvgIpc) is 2.45. The van der Waals surface area contributed by atoms with Crippen molar-refractivity contribution in [2.75, 3.05) is 34.0 Å². The summed E-state index contributed by atoms with van der Waals surface area (Å²) in [5, 5.41) is 12.8. The first kappa shape index (κ1) is 15.8. The molecule has 1 rings (SSSR count). The van der Waals surface area contributed by atoms with Crippen LogP contribution >= 0.6 is 0 Å². The van der Waals surface area contributed by atoms with Gasteiger partial charge in [0.15, 0.2) is 0 Å². The Hall–Kier alpha value is -1.30. The van der Waals surface area contributed by atoms with Crippen LogP contribution in [-0.4, -0.2) is 45.2 Å². The first-order valence-electron chi connectivity index (χ1n) is 6.38. The number of rotatable bonds is 9. The second-order valence-corrected chi connectivity index (χ2v) is 4.12. The van der Waals surface area contributed by atoms with Crippen LogP contribution < -0.4 is 14.8 Å². The van der Waals surface area contributed by atoms with Crippen molar-refractivity contribution in [1.29, 1.82) is 0 Å². The van der Waals surface area contributed by atoms with E-state index in [2.05, 4.69) is 5.32 Å². The number of benzene rings is 1. The molecule has 0 radical (unpaired) electrons. The summed E-state index contributed by atoms with van der Waals surface area (Å²) >= 11 is 0.